The summed E-state index contributed by atoms with van der Waals surface area (Å²) in [5, 5.41) is 20.2. The van der Waals surface area contributed by atoms with Crippen molar-refractivity contribution >= 4 is 23.4 Å². The van der Waals surface area contributed by atoms with E-state index in [1.165, 1.54) is 0 Å². The third-order valence-electron chi connectivity index (χ3n) is 3.03. The number of nitrogens with zero attached hydrogens (tertiary/aromatic N) is 1. The maximum absolute atomic E-state index is 10.5. The number of aliphatic hydroxyl groups excluding tert-OH is 1. The van der Waals surface area contributed by atoms with Crippen LogP contribution in [0.1, 0.15) is 23.3 Å². The average Bonchev–Trinajstić information content (AvgIpc) is 2.74. The Labute approximate surface area is 110 Å². The van der Waals surface area contributed by atoms with Crippen molar-refractivity contribution in [2.24, 2.45) is 0 Å². The molecule has 0 bridgehead atoms. The topological polar surface area (TPSA) is 60.8 Å². The largest absolute Gasteiger partial charge is 0.478 e. The van der Waals surface area contributed by atoms with Crippen LogP contribution < -0.4 is 0 Å². The quantitative estimate of drug-likeness (QED) is 0.817. The highest BCUT2D eigenvalue weighted by Crippen LogP contribution is 2.22. The molecule has 1 aromatic rings. The van der Waals surface area contributed by atoms with Crippen LogP contribution in [0.5, 0.6) is 0 Å². The van der Waals surface area contributed by atoms with E-state index in [2.05, 4.69) is 4.90 Å². The van der Waals surface area contributed by atoms with E-state index in [0.29, 0.717) is 6.54 Å². The van der Waals surface area contributed by atoms with Gasteiger partial charge in [-0.1, -0.05) is 0 Å². The maximum atomic E-state index is 10.5. The van der Waals surface area contributed by atoms with Crippen molar-refractivity contribution in [3.05, 3.63) is 28.0 Å². The molecule has 1 atom stereocenters. The molecular formula is C13H17NO3S. The Morgan fingerprint density at radius 2 is 2.44 bits per heavy atom. The fourth-order valence-corrected chi connectivity index (χ4v) is 3.07. The molecule has 1 saturated heterocycles. The number of carboxylic acid groups (broad SMARTS) is 1. The number of β-amino-alcohol motifs (C(OH)–C–C–N with tert-alkyl or cyclic N) is 1. The molecule has 4 nitrogen and oxygen atoms in total. The Morgan fingerprint density at radius 3 is 3.17 bits per heavy atom. The second-order valence-electron chi connectivity index (χ2n) is 4.50. The third kappa shape index (κ3) is 3.66. The molecule has 0 radical (unpaired) electrons. The SMILES string of the molecule is O=C(O)/C=C/c1ccsc1CN1CCCC(O)C1. The number of rotatable bonds is 4. The zero-order valence-corrected chi connectivity index (χ0v) is 10.9. The van der Waals surface area contributed by atoms with Gasteiger partial charge in [0, 0.05) is 24.0 Å². The molecular weight excluding hydrogens is 250 g/mol. The first-order chi connectivity index (χ1) is 8.65. The van der Waals surface area contributed by atoms with Crippen molar-refractivity contribution in [2.75, 3.05) is 13.1 Å². The molecule has 18 heavy (non-hydrogen) atoms. The molecule has 0 spiro atoms. The van der Waals surface area contributed by atoms with Gasteiger partial charge < -0.3 is 10.2 Å². The van der Waals surface area contributed by atoms with Gasteiger partial charge in [0.1, 0.15) is 0 Å². The first-order valence-corrected chi connectivity index (χ1v) is 6.91. The standard InChI is InChI=1S/C13H17NO3S/c15-11-2-1-6-14(8-11)9-12-10(5-7-18-12)3-4-13(16)17/h3-5,7,11,15H,1-2,6,8-9H2,(H,16,17)/b4-3+. The molecule has 1 aliphatic heterocycles. The molecule has 1 aliphatic rings. The Balaban J connectivity index is 2.00. The summed E-state index contributed by atoms with van der Waals surface area (Å²) in [5.74, 6) is -0.930. The average molecular weight is 267 g/mol. The van der Waals surface area contributed by atoms with Crippen LogP contribution in [0.15, 0.2) is 17.5 Å². The van der Waals surface area contributed by atoms with Crippen molar-refractivity contribution < 1.29 is 15.0 Å². The van der Waals surface area contributed by atoms with Gasteiger partial charge in [-0.3, -0.25) is 4.90 Å². The van der Waals surface area contributed by atoms with E-state index in [1.54, 1.807) is 17.4 Å². The van der Waals surface area contributed by atoms with Gasteiger partial charge in [-0.25, -0.2) is 4.79 Å². The smallest absolute Gasteiger partial charge is 0.328 e. The van der Waals surface area contributed by atoms with Crippen LogP contribution in [0.3, 0.4) is 0 Å². The summed E-state index contributed by atoms with van der Waals surface area (Å²) in [4.78, 5) is 13.9. The molecule has 2 rings (SSSR count). The van der Waals surface area contributed by atoms with Gasteiger partial charge in [0.25, 0.3) is 0 Å². The molecule has 1 aromatic heterocycles. The van der Waals surface area contributed by atoms with E-state index < -0.39 is 5.97 Å². The first kappa shape index (κ1) is 13.3. The molecule has 98 valence electrons. The van der Waals surface area contributed by atoms with Crippen LogP contribution >= 0.6 is 11.3 Å². The molecule has 5 heteroatoms. The second kappa shape index (κ2) is 6.13. The lowest BCUT2D eigenvalue weighted by Gasteiger charge is -2.29. The molecule has 1 fully saturated rings. The van der Waals surface area contributed by atoms with E-state index in [-0.39, 0.29) is 6.10 Å². The first-order valence-electron chi connectivity index (χ1n) is 6.03. The van der Waals surface area contributed by atoms with Crippen LogP contribution in [0.4, 0.5) is 0 Å². The molecule has 2 N–H and O–H groups in total. The molecule has 2 heterocycles. The molecule has 0 saturated carbocycles. The van der Waals surface area contributed by atoms with Crippen molar-refractivity contribution in [1.29, 1.82) is 0 Å². The summed E-state index contributed by atoms with van der Waals surface area (Å²) in [6, 6.07) is 1.93. The van der Waals surface area contributed by atoms with Gasteiger partial charge in [0.2, 0.25) is 0 Å². The summed E-state index contributed by atoms with van der Waals surface area (Å²) >= 11 is 1.63. The highest BCUT2D eigenvalue weighted by Gasteiger charge is 2.18. The van der Waals surface area contributed by atoms with Crippen LogP contribution in [-0.4, -0.2) is 40.3 Å². The number of aliphatic carboxylic acids is 1. The molecule has 0 aromatic carbocycles. The maximum Gasteiger partial charge on any atom is 0.328 e. The third-order valence-corrected chi connectivity index (χ3v) is 3.95. The Morgan fingerprint density at radius 1 is 1.61 bits per heavy atom. The fourth-order valence-electron chi connectivity index (χ4n) is 2.17. The number of hydrogen-bond acceptors (Lipinski definition) is 4. The minimum absolute atomic E-state index is 0.225. The molecule has 0 aliphatic carbocycles. The summed E-state index contributed by atoms with van der Waals surface area (Å²) < 4.78 is 0. The van der Waals surface area contributed by atoms with Gasteiger partial charge in [0.05, 0.1) is 6.10 Å². The highest BCUT2D eigenvalue weighted by atomic mass is 32.1. The van der Waals surface area contributed by atoms with Gasteiger partial charge in [-0.2, -0.15) is 0 Å². The summed E-state index contributed by atoms with van der Waals surface area (Å²) in [6.45, 7) is 2.49. The fraction of sp³-hybridized carbons (Fsp3) is 0.462. The van der Waals surface area contributed by atoms with Crippen molar-refractivity contribution in [3.8, 4) is 0 Å². The van der Waals surface area contributed by atoms with Gasteiger partial charge in [-0.15, -0.1) is 11.3 Å². The van der Waals surface area contributed by atoms with Gasteiger partial charge in [0.15, 0.2) is 0 Å². The van der Waals surface area contributed by atoms with E-state index in [0.717, 1.165) is 42.4 Å². The van der Waals surface area contributed by atoms with Crippen LogP contribution in [0.25, 0.3) is 6.08 Å². The number of thiophene rings is 1. The summed E-state index contributed by atoms with van der Waals surface area (Å²) in [7, 11) is 0. The molecule has 0 amide bonds. The van der Waals surface area contributed by atoms with Gasteiger partial charge >= 0.3 is 5.97 Å². The lowest BCUT2D eigenvalue weighted by molar-refractivity contribution is -0.131. The lowest BCUT2D eigenvalue weighted by atomic mass is 10.1. The van der Waals surface area contributed by atoms with E-state index in [9.17, 15) is 9.90 Å². The number of piperidine rings is 1. The highest BCUT2D eigenvalue weighted by molar-refractivity contribution is 7.10. The number of carboxylic acids is 1. The predicted octanol–water partition coefficient (Wildman–Crippen LogP) is 1.80. The van der Waals surface area contributed by atoms with Crippen molar-refractivity contribution in [1.82, 2.24) is 4.90 Å². The van der Waals surface area contributed by atoms with Crippen molar-refractivity contribution in [3.63, 3.8) is 0 Å². The van der Waals surface area contributed by atoms with Crippen LogP contribution in [0.2, 0.25) is 0 Å². The lowest BCUT2D eigenvalue weighted by Crippen LogP contribution is -2.37. The normalized spacial score (nSPS) is 21.5. The number of aliphatic hydroxyl groups is 1. The van der Waals surface area contributed by atoms with Crippen LogP contribution in [-0.2, 0) is 11.3 Å². The Hall–Kier alpha value is -1.17. The summed E-state index contributed by atoms with van der Waals surface area (Å²) in [6.07, 6.45) is 4.47. The minimum atomic E-state index is -0.930. The molecule has 1 unspecified atom stereocenters. The Kier molecular flexibility index (Phi) is 4.52. The Bertz CT molecular complexity index is 441. The van der Waals surface area contributed by atoms with Crippen molar-refractivity contribution in [2.45, 2.75) is 25.5 Å². The monoisotopic (exact) mass is 267 g/mol. The van der Waals surface area contributed by atoms with E-state index in [1.807, 2.05) is 11.4 Å². The van der Waals surface area contributed by atoms with Crippen LogP contribution in [0, 0.1) is 0 Å². The van der Waals surface area contributed by atoms with E-state index >= 15 is 0 Å². The van der Waals surface area contributed by atoms with Gasteiger partial charge in [-0.05, 0) is 42.5 Å². The predicted molar refractivity (Wildman–Crippen MR) is 71.5 cm³/mol. The zero-order chi connectivity index (χ0) is 13.0. The minimum Gasteiger partial charge on any atom is -0.478 e. The number of carbonyl (C=O) groups is 1. The summed E-state index contributed by atoms with van der Waals surface area (Å²) in [5.41, 5.74) is 0.961. The number of likely N-dealkylation sites (tertiary alicyclic amines) is 1. The van der Waals surface area contributed by atoms with E-state index in [4.69, 9.17) is 5.11 Å². The second-order valence-corrected chi connectivity index (χ2v) is 5.50. The zero-order valence-electron chi connectivity index (χ0n) is 10.1. The number of hydrogen-bond donors (Lipinski definition) is 2.